The van der Waals surface area contributed by atoms with Crippen molar-refractivity contribution in [3.05, 3.63) is 65.7 Å². The highest BCUT2D eigenvalue weighted by Gasteiger charge is 2.29. The first-order valence-corrected chi connectivity index (χ1v) is 9.40. The lowest BCUT2D eigenvalue weighted by Gasteiger charge is -2.17. The van der Waals surface area contributed by atoms with Gasteiger partial charge in [0.05, 0.1) is 29.7 Å². The highest BCUT2D eigenvalue weighted by molar-refractivity contribution is 8.04. The summed E-state index contributed by atoms with van der Waals surface area (Å²) in [7, 11) is 1.25. The Hall–Kier alpha value is -3.26. The Labute approximate surface area is 166 Å². The number of hydrogen-bond donors (Lipinski definition) is 1. The smallest absolute Gasteiger partial charge is 0.333 e. The second-order valence-corrected chi connectivity index (χ2v) is 6.73. The van der Waals surface area contributed by atoms with Crippen molar-refractivity contribution >= 4 is 35.2 Å². The summed E-state index contributed by atoms with van der Waals surface area (Å²) >= 11 is 1.19. The molecule has 1 N–H and O–H groups in total. The lowest BCUT2D eigenvalue weighted by molar-refractivity contribution is -0.135. The molecule has 7 nitrogen and oxygen atoms in total. The third-order valence-corrected chi connectivity index (χ3v) is 4.81. The van der Waals surface area contributed by atoms with Gasteiger partial charge in [0.2, 0.25) is 11.8 Å². The van der Waals surface area contributed by atoms with Gasteiger partial charge < -0.3 is 14.8 Å². The maximum absolute atomic E-state index is 12.5. The largest absolute Gasteiger partial charge is 0.466 e. The van der Waals surface area contributed by atoms with E-state index >= 15 is 0 Å². The van der Waals surface area contributed by atoms with Crippen molar-refractivity contribution in [3.63, 3.8) is 0 Å². The average Bonchev–Trinajstić information content (AvgIpc) is 3.03. The van der Waals surface area contributed by atoms with Crippen LogP contribution in [-0.2, 0) is 19.1 Å². The second kappa shape index (κ2) is 9.09. The van der Waals surface area contributed by atoms with E-state index in [1.54, 1.807) is 24.3 Å². The molecule has 3 rings (SSSR count). The van der Waals surface area contributed by atoms with Crippen LogP contribution in [0.3, 0.4) is 0 Å². The molecule has 1 aliphatic rings. The fourth-order valence-electron chi connectivity index (χ4n) is 2.47. The van der Waals surface area contributed by atoms with Crippen LogP contribution in [0.4, 0.5) is 5.69 Å². The molecular weight excluding hydrogens is 380 g/mol. The summed E-state index contributed by atoms with van der Waals surface area (Å²) in [5.41, 5.74) is 0.481. The molecule has 2 aromatic rings. The fraction of sp³-hybridized carbons (Fsp3) is 0.150. The number of methoxy groups -OCH3 is 1. The summed E-state index contributed by atoms with van der Waals surface area (Å²) in [6, 6.07) is 16.2. The van der Waals surface area contributed by atoms with E-state index in [0.29, 0.717) is 22.2 Å². The van der Waals surface area contributed by atoms with Gasteiger partial charge in [-0.2, -0.15) is 0 Å². The molecule has 0 unspecified atom stereocenters. The van der Waals surface area contributed by atoms with Crippen LogP contribution in [0.1, 0.15) is 0 Å². The predicted octanol–water partition coefficient (Wildman–Crippen LogP) is 3.01. The summed E-state index contributed by atoms with van der Waals surface area (Å²) in [5, 5.41) is 3.15. The Bertz CT molecular complexity index is 914. The van der Waals surface area contributed by atoms with Gasteiger partial charge in [0, 0.05) is 0 Å². The van der Waals surface area contributed by atoms with Crippen LogP contribution >= 0.6 is 11.8 Å². The molecule has 2 aromatic carbocycles. The highest BCUT2D eigenvalue weighted by Crippen LogP contribution is 2.31. The molecule has 144 valence electrons. The van der Waals surface area contributed by atoms with Gasteiger partial charge in [0.15, 0.2) is 5.75 Å². The van der Waals surface area contributed by atoms with Crippen LogP contribution in [0.25, 0.3) is 0 Å². The minimum Gasteiger partial charge on any atom is -0.466 e. The average molecular weight is 398 g/mol. The molecule has 0 spiro atoms. The highest BCUT2D eigenvalue weighted by atomic mass is 32.2. The Kier molecular flexibility index (Phi) is 6.33. The van der Waals surface area contributed by atoms with Gasteiger partial charge in [0.25, 0.3) is 0 Å². The van der Waals surface area contributed by atoms with Crippen LogP contribution in [0, 0.1) is 0 Å². The third kappa shape index (κ3) is 4.92. The number of benzene rings is 2. The molecule has 28 heavy (non-hydrogen) atoms. The first-order chi connectivity index (χ1) is 13.6. The molecule has 0 aliphatic carbocycles. The van der Waals surface area contributed by atoms with Crippen molar-refractivity contribution in [2.45, 2.75) is 0 Å². The lowest BCUT2D eigenvalue weighted by Crippen LogP contribution is -2.34. The number of ether oxygens (including phenoxy) is 2. The first kappa shape index (κ1) is 19.5. The van der Waals surface area contributed by atoms with Gasteiger partial charge >= 0.3 is 5.97 Å². The maximum Gasteiger partial charge on any atom is 0.333 e. The zero-order valence-corrected chi connectivity index (χ0v) is 15.9. The second-order valence-electron chi connectivity index (χ2n) is 5.73. The number of hydrogen-bond acceptors (Lipinski definition) is 6. The lowest BCUT2D eigenvalue weighted by atomic mass is 10.2. The molecule has 1 fully saturated rings. The van der Waals surface area contributed by atoms with Gasteiger partial charge in [0.1, 0.15) is 12.3 Å². The summed E-state index contributed by atoms with van der Waals surface area (Å²) in [4.78, 5) is 37.3. The van der Waals surface area contributed by atoms with E-state index in [1.807, 2.05) is 30.3 Å². The van der Waals surface area contributed by atoms with E-state index in [1.165, 1.54) is 29.8 Å². The Balaban J connectivity index is 1.70. The first-order valence-electron chi connectivity index (χ1n) is 8.41. The molecule has 1 saturated heterocycles. The van der Waals surface area contributed by atoms with E-state index in [-0.39, 0.29) is 18.2 Å². The SMILES string of the molecule is COC(=O)C=C1SCC(=O)N1CC(=O)Nc1ccccc1Oc1ccccc1. The summed E-state index contributed by atoms with van der Waals surface area (Å²) < 4.78 is 10.4. The van der Waals surface area contributed by atoms with Gasteiger partial charge in [-0.3, -0.25) is 14.5 Å². The van der Waals surface area contributed by atoms with E-state index in [2.05, 4.69) is 10.1 Å². The third-order valence-electron chi connectivity index (χ3n) is 3.79. The van der Waals surface area contributed by atoms with Gasteiger partial charge in [-0.05, 0) is 24.3 Å². The number of carbonyl (C=O) groups is 3. The number of para-hydroxylation sites is 3. The van der Waals surface area contributed by atoms with Crippen LogP contribution in [0.5, 0.6) is 11.5 Å². The Morgan fingerprint density at radius 2 is 1.86 bits per heavy atom. The summed E-state index contributed by atoms with van der Waals surface area (Å²) in [6.45, 7) is -0.214. The Morgan fingerprint density at radius 3 is 2.61 bits per heavy atom. The number of rotatable bonds is 6. The van der Waals surface area contributed by atoms with Gasteiger partial charge in [-0.15, -0.1) is 0 Å². The van der Waals surface area contributed by atoms with E-state index in [0.717, 1.165) is 0 Å². The van der Waals surface area contributed by atoms with Crippen molar-refractivity contribution in [2.75, 3.05) is 24.7 Å². The standard InChI is InChI=1S/C20H18N2O5S/c1-26-20(25)11-19-22(18(24)13-28-19)12-17(23)21-15-9-5-6-10-16(15)27-14-7-3-2-4-8-14/h2-11H,12-13H2,1H3,(H,21,23). The van der Waals surface area contributed by atoms with Crippen molar-refractivity contribution < 1.29 is 23.9 Å². The predicted molar refractivity (Wildman–Crippen MR) is 106 cm³/mol. The van der Waals surface area contributed by atoms with Crippen molar-refractivity contribution in [3.8, 4) is 11.5 Å². The number of esters is 1. The molecule has 0 saturated carbocycles. The van der Waals surface area contributed by atoms with E-state index in [4.69, 9.17) is 4.74 Å². The molecule has 0 radical (unpaired) electrons. The van der Waals surface area contributed by atoms with Gasteiger partial charge in [-0.1, -0.05) is 42.1 Å². The van der Waals surface area contributed by atoms with Crippen molar-refractivity contribution in [1.29, 1.82) is 0 Å². The quantitative estimate of drug-likeness (QED) is 0.595. The number of anilines is 1. The zero-order chi connectivity index (χ0) is 19.9. The molecular formula is C20H18N2O5S. The number of amides is 2. The van der Waals surface area contributed by atoms with Crippen LogP contribution in [-0.4, -0.2) is 42.1 Å². The molecule has 1 aliphatic heterocycles. The number of nitrogens with zero attached hydrogens (tertiary/aromatic N) is 1. The molecule has 0 bridgehead atoms. The number of nitrogens with one attached hydrogen (secondary N) is 1. The molecule has 0 aromatic heterocycles. The minimum absolute atomic E-state index is 0.170. The van der Waals surface area contributed by atoms with E-state index in [9.17, 15) is 14.4 Å². The zero-order valence-electron chi connectivity index (χ0n) is 15.1. The van der Waals surface area contributed by atoms with Crippen molar-refractivity contribution in [1.82, 2.24) is 4.90 Å². The number of carbonyl (C=O) groups excluding carboxylic acids is 3. The minimum atomic E-state index is -0.579. The van der Waals surface area contributed by atoms with Crippen LogP contribution in [0.15, 0.2) is 65.7 Å². The van der Waals surface area contributed by atoms with Crippen LogP contribution in [0.2, 0.25) is 0 Å². The van der Waals surface area contributed by atoms with Crippen LogP contribution < -0.4 is 10.1 Å². The topological polar surface area (TPSA) is 84.9 Å². The van der Waals surface area contributed by atoms with E-state index < -0.39 is 11.9 Å². The molecule has 0 atom stereocenters. The molecule has 8 heteroatoms. The summed E-state index contributed by atoms with van der Waals surface area (Å²) in [5.74, 6) is 0.0567. The maximum atomic E-state index is 12.5. The Morgan fingerprint density at radius 1 is 1.14 bits per heavy atom. The summed E-state index contributed by atoms with van der Waals surface area (Å²) in [6.07, 6.45) is 1.20. The monoisotopic (exact) mass is 398 g/mol. The fourth-order valence-corrected chi connectivity index (χ4v) is 3.40. The van der Waals surface area contributed by atoms with Crippen molar-refractivity contribution in [2.24, 2.45) is 0 Å². The molecule has 1 heterocycles. The number of thioether (sulfide) groups is 1. The van der Waals surface area contributed by atoms with Gasteiger partial charge in [-0.25, -0.2) is 4.79 Å². The molecule has 2 amide bonds. The normalized spacial score (nSPS) is 14.8.